The molecule has 1 amide bonds. The molecule has 0 unspecified atom stereocenters. The molecule has 0 saturated heterocycles. The van der Waals surface area contributed by atoms with Crippen molar-refractivity contribution in [2.45, 2.75) is 4.90 Å². The zero-order chi connectivity index (χ0) is 24.9. The summed E-state index contributed by atoms with van der Waals surface area (Å²) < 4.78 is 70.6. The highest BCUT2D eigenvalue weighted by Gasteiger charge is 2.23. The largest absolute Gasteiger partial charge is 0.455 e. The second-order valence-electron chi connectivity index (χ2n) is 6.56. The summed E-state index contributed by atoms with van der Waals surface area (Å²) in [7, 11) is -1.30. The number of halogens is 3. The summed E-state index contributed by atoms with van der Waals surface area (Å²) in [4.78, 5) is 34.8. The monoisotopic (exact) mass is 490 g/mol. The molecule has 0 aromatic heterocycles. The number of ether oxygens (including phenoxy) is 1. The third-order valence-electron chi connectivity index (χ3n) is 4.02. The lowest BCUT2D eigenvalue weighted by Gasteiger charge is -2.14. The number of carbonyl (C=O) groups excluding carboxylic acids is 2. The molecule has 2 aromatic rings. The number of esters is 1. The molecule has 0 heterocycles. The lowest BCUT2D eigenvalue weighted by atomic mass is 10.2. The van der Waals surface area contributed by atoms with Gasteiger partial charge >= 0.3 is 5.97 Å². The number of sulfonamides is 1. The topological polar surface area (TPSA) is 148 Å². The zero-order valence-electron chi connectivity index (χ0n) is 17.1. The minimum absolute atomic E-state index is 0.154. The first-order valence-electron chi connectivity index (χ1n) is 8.88. The smallest absolute Gasteiger partial charge is 0.321 e. The van der Waals surface area contributed by atoms with Crippen molar-refractivity contribution in [3.8, 4) is 0 Å². The molecule has 0 aliphatic carbocycles. The Morgan fingerprint density at radius 3 is 2.39 bits per heavy atom. The predicted octanol–water partition coefficient (Wildman–Crippen LogP) is 1.54. The number of hydrogen-bond acceptors (Lipinski definition) is 8. The zero-order valence-corrected chi connectivity index (χ0v) is 17.9. The van der Waals surface area contributed by atoms with Gasteiger partial charge in [-0.1, -0.05) is 0 Å². The summed E-state index contributed by atoms with van der Waals surface area (Å²) in [6.07, 6.45) is 0. The highest BCUT2D eigenvalue weighted by molar-refractivity contribution is 7.89. The Kier molecular flexibility index (Phi) is 7.94. The second-order valence-corrected chi connectivity index (χ2v) is 8.33. The average Bonchev–Trinajstić information content (AvgIpc) is 2.76. The molecule has 15 heteroatoms. The molecule has 0 aliphatic heterocycles. The quantitative estimate of drug-likeness (QED) is 0.233. The van der Waals surface area contributed by atoms with Gasteiger partial charge in [-0.05, 0) is 24.3 Å². The molecule has 33 heavy (non-hydrogen) atoms. The molecule has 0 bridgehead atoms. The molecule has 2 N–H and O–H groups in total. The van der Waals surface area contributed by atoms with Gasteiger partial charge in [-0.25, -0.2) is 21.6 Å². The first kappa shape index (κ1) is 25.5. The van der Waals surface area contributed by atoms with E-state index in [0.717, 1.165) is 18.2 Å². The van der Waals surface area contributed by atoms with Crippen LogP contribution in [0.1, 0.15) is 0 Å². The number of nitro groups is 1. The Morgan fingerprint density at radius 1 is 1.12 bits per heavy atom. The van der Waals surface area contributed by atoms with E-state index < -0.39 is 73.7 Å². The molecule has 2 rings (SSSR count). The summed E-state index contributed by atoms with van der Waals surface area (Å²) >= 11 is 0. The fourth-order valence-electron chi connectivity index (χ4n) is 2.44. The van der Waals surface area contributed by atoms with Crippen LogP contribution in [0.15, 0.2) is 35.2 Å². The molecule has 0 saturated carbocycles. The minimum atomic E-state index is -4.36. The number of nitrogens with one attached hydrogen (secondary N) is 2. The van der Waals surface area contributed by atoms with Crippen LogP contribution >= 0.6 is 0 Å². The Balaban J connectivity index is 1.96. The van der Waals surface area contributed by atoms with Crippen LogP contribution in [0.2, 0.25) is 0 Å². The fourth-order valence-corrected chi connectivity index (χ4v) is 3.43. The molecule has 0 fully saturated rings. The van der Waals surface area contributed by atoms with Crippen LogP contribution < -0.4 is 14.9 Å². The van der Waals surface area contributed by atoms with Crippen LogP contribution in [0.25, 0.3) is 0 Å². The second kappa shape index (κ2) is 10.3. The van der Waals surface area contributed by atoms with Gasteiger partial charge in [0, 0.05) is 20.2 Å². The van der Waals surface area contributed by atoms with Crippen molar-refractivity contribution < 1.29 is 40.8 Å². The van der Waals surface area contributed by atoms with E-state index in [9.17, 15) is 41.3 Å². The van der Waals surface area contributed by atoms with E-state index in [1.807, 2.05) is 10.0 Å². The lowest BCUT2D eigenvalue weighted by molar-refractivity contribution is -0.384. The molecular weight excluding hydrogens is 473 g/mol. The molecule has 0 atom stereocenters. The number of benzene rings is 2. The van der Waals surface area contributed by atoms with Crippen LogP contribution in [-0.4, -0.2) is 52.5 Å². The maximum absolute atomic E-state index is 13.5. The Morgan fingerprint density at radius 2 is 1.79 bits per heavy atom. The number of anilines is 2. The van der Waals surface area contributed by atoms with E-state index in [1.54, 1.807) is 0 Å². The lowest BCUT2D eigenvalue weighted by Crippen LogP contribution is -2.32. The van der Waals surface area contributed by atoms with E-state index in [4.69, 9.17) is 0 Å². The predicted molar refractivity (Wildman–Crippen MR) is 109 cm³/mol. The summed E-state index contributed by atoms with van der Waals surface area (Å²) in [5, 5.41) is 13.1. The van der Waals surface area contributed by atoms with Gasteiger partial charge in [0.15, 0.2) is 24.1 Å². The number of amides is 1. The van der Waals surface area contributed by atoms with Crippen molar-refractivity contribution in [2.24, 2.45) is 0 Å². The molecule has 11 nitrogen and oxygen atoms in total. The Labute approximate surface area is 185 Å². The standard InChI is InChI=1S/C18H17F3N4O7S/c1-24(2)13-6-3-10(7-14(13)25(28)29)33(30,31)22-8-16(27)32-9-15(26)23-12-5-4-11(19)17(20)18(12)21/h3-7,22H,8-9H2,1-2H3,(H,23,26). The summed E-state index contributed by atoms with van der Waals surface area (Å²) in [6.45, 7) is -1.92. The van der Waals surface area contributed by atoms with Gasteiger partial charge < -0.3 is 15.0 Å². The van der Waals surface area contributed by atoms with Crippen molar-refractivity contribution in [2.75, 3.05) is 37.5 Å². The van der Waals surface area contributed by atoms with Crippen LogP contribution in [0, 0.1) is 27.6 Å². The van der Waals surface area contributed by atoms with E-state index in [-0.39, 0.29) is 5.69 Å². The third-order valence-corrected chi connectivity index (χ3v) is 5.41. The van der Waals surface area contributed by atoms with Crippen molar-refractivity contribution in [1.29, 1.82) is 0 Å². The average molecular weight is 490 g/mol. The van der Waals surface area contributed by atoms with Gasteiger partial charge in [0.1, 0.15) is 12.2 Å². The normalized spacial score (nSPS) is 11.1. The van der Waals surface area contributed by atoms with E-state index >= 15 is 0 Å². The molecular formula is C18H17F3N4O7S. The number of hydrogen-bond donors (Lipinski definition) is 2. The number of nitrogens with zero attached hydrogens (tertiary/aromatic N) is 2. The summed E-state index contributed by atoms with van der Waals surface area (Å²) in [5.74, 6) is -7.24. The first-order chi connectivity index (χ1) is 15.3. The summed E-state index contributed by atoms with van der Waals surface area (Å²) in [6, 6.07) is 4.45. The van der Waals surface area contributed by atoms with Crippen molar-refractivity contribution in [3.63, 3.8) is 0 Å². The van der Waals surface area contributed by atoms with Crippen molar-refractivity contribution in [1.82, 2.24) is 4.72 Å². The van der Waals surface area contributed by atoms with E-state index in [1.165, 1.54) is 25.1 Å². The van der Waals surface area contributed by atoms with Crippen LogP contribution in [0.4, 0.5) is 30.2 Å². The highest BCUT2D eigenvalue weighted by Crippen LogP contribution is 2.29. The van der Waals surface area contributed by atoms with Crippen LogP contribution in [0.3, 0.4) is 0 Å². The SMILES string of the molecule is CN(C)c1ccc(S(=O)(=O)NCC(=O)OCC(=O)Nc2ccc(F)c(F)c2F)cc1[N+](=O)[O-]. The first-order valence-corrected chi connectivity index (χ1v) is 10.4. The maximum atomic E-state index is 13.5. The van der Waals surface area contributed by atoms with E-state index in [0.29, 0.717) is 6.07 Å². The van der Waals surface area contributed by atoms with Crippen LogP contribution in [0.5, 0.6) is 0 Å². The van der Waals surface area contributed by atoms with Gasteiger partial charge in [0.2, 0.25) is 10.0 Å². The van der Waals surface area contributed by atoms with Crippen molar-refractivity contribution >= 4 is 39.0 Å². The number of rotatable bonds is 9. The third kappa shape index (κ3) is 6.39. The van der Waals surface area contributed by atoms with Crippen molar-refractivity contribution in [3.05, 3.63) is 57.9 Å². The Hall–Kier alpha value is -3.72. The minimum Gasteiger partial charge on any atom is -0.455 e. The maximum Gasteiger partial charge on any atom is 0.321 e. The molecule has 0 spiro atoms. The molecule has 0 radical (unpaired) electrons. The fraction of sp³-hybridized carbons (Fsp3) is 0.222. The van der Waals surface area contributed by atoms with Gasteiger partial charge in [0.25, 0.3) is 11.6 Å². The Bertz CT molecular complexity index is 1210. The van der Waals surface area contributed by atoms with Gasteiger partial charge in [-0.2, -0.15) is 4.72 Å². The number of carbonyl (C=O) groups is 2. The van der Waals surface area contributed by atoms with Crippen LogP contribution in [-0.2, 0) is 24.3 Å². The van der Waals surface area contributed by atoms with Gasteiger partial charge in [-0.3, -0.25) is 19.7 Å². The van der Waals surface area contributed by atoms with Gasteiger partial charge in [0.05, 0.1) is 15.5 Å². The molecule has 2 aromatic carbocycles. The summed E-state index contributed by atoms with van der Waals surface area (Å²) in [5.41, 5.74) is -1.02. The van der Waals surface area contributed by atoms with E-state index in [2.05, 4.69) is 4.74 Å². The number of nitro benzene ring substituents is 1. The molecule has 178 valence electrons. The van der Waals surface area contributed by atoms with Gasteiger partial charge in [-0.15, -0.1) is 0 Å². The highest BCUT2D eigenvalue weighted by atomic mass is 32.2. The molecule has 0 aliphatic rings.